The highest BCUT2D eigenvalue weighted by atomic mass is 29.1. The van der Waals surface area contributed by atoms with Gasteiger partial charge in [0.15, 0.2) is 0 Å². The Balaban J connectivity index is 2.83. The molecule has 0 saturated carbocycles. The molecule has 0 fully saturated rings. The molecule has 1 aliphatic heterocycles. The molecule has 39 valence electrons. The molecule has 0 nitrogen and oxygen atoms in total. The van der Waals surface area contributed by atoms with E-state index in [0.29, 0.717) is 0 Å². The summed E-state index contributed by atoms with van der Waals surface area (Å²) in [7, 11) is 0.590. The fraction of sp³-hybridized carbons (Fsp3) is 0. The third kappa shape index (κ3) is 1.31. The maximum atomic E-state index is 3.99. The molecule has 0 aromatic heterocycles. The number of allylic oxidation sites excluding steroid dienone is 2. The Morgan fingerprint density at radius 2 is 2.38 bits per heavy atom. The van der Waals surface area contributed by atoms with E-state index >= 15 is 0 Å². The van der Waals surface area contributed by atoms with Crippen LogP contribution in [-0.2, 0) is 0 Å². The van der Waals surface area contributed by atoms with Gasteiger partial charge < -0.3 is 0 Å². The van der Waals surface area contributed by atoms with Crippen molar-refractivity contribution in [3.63, 3.8) is 0 Å². The van der Waals surface area contributed by atoms with Crippen LogP contribution in [0.5, 0.6) is 0 Å². The van der Waals surface area contributed by atoms with Gasteiger partial charge in [-0.1, -0.05) is 24.0 Å². The van der Waals surface area contributed by atoms with Crippen molar-refractivity contribution in [2.45, 2.75) is 0 Å². The molecule has 1 aliphatic rings. The molecule has 1 rings (SSSR count). The Labute approximate surface area is 53.0 Å². The molecular formula is C6H7Si2. The van der Waals surface area contributed by atoms with Crippen LogP contribution >= 0.6 is 0 Å². The van der Waals surface area contributed by atoms with E-state index in [1.165, 1.54) is 0 Å². The first-order chi connectivity index (χ1) is 3.79. The van der Waals surface area contributed by atoms with Crippen molar-refractivity contribution in [1.82, 2.24) is 0 Å². The van der Waals surface area contributed by atoms with Crippen LogP contribution in [-0.4, -0.2) is 28.4 Å². The summed E-state index contributed by atoms with van der Waals surface area (Å²) in [6.45, 7) is 3.80. The molecule has 0 N–H and O–H groups in total. The first-order valence-electron chi connectivity index (χ1n) is 2.45. The Morgan fingerprint density at radius 3 is 2.75 bits per heavy atom. The summed E-state index contributed by atoms with van der Waals surface area (Å²) in [4.78, 5) is 0. The van der Waals surface area contributed by atoms with E-state index in [9.17, 15) is 0 Å². The van der Waals surface area contributed by atoms with Crippen LogP contribution in [0.4, 0.5) is 0 Å². The van der Waals surface area contributed by atoms with Crippen LogP contribution in [0.3, 0.4) is 0 Å². The SMILES string of the molecule is C=C1C=C[Si](=C)[Si]=C1. The Bertz CT molecular complexity index is 149. The lowest BCUT2D eigenvalue weighted by atomic mass is 10.4. The Morgan fingerprint density at radius 1 is 1.62 bits per heavy atom. The zero-order valence-corrected chi connectivity index (χ0v) is 6.65. The van der Waals surface area contributed by atoms with Crippen molar-refractivity contribution in [3.05, 3.63) is 23.9 Å². The second-order valence-corrected chi connectivity index (χ2v) is 6.48. The molecule has 0 saturated heterocycles. The van der Waals surface area contributed by atoms with Crippen LogP contribution in [0.15, 0.2) is 23.9 Å². The standard InChI is InChI=1S/C6H7Si2/c1-6-3-4-8(2)7-5-6/h3-5H,1-2H2. The van der Waals surface area contributed by atoms with E-state index < -0.39 is 0 Å². The van der Waals surface area contributed by atoms with Crippen molar-refractivity contribution in [2.75, 3.05) is 0 Å². The predicted molar refractivity (Wildman–Crippen MR) is 43.0 cm³/mol. The van der Waals surface area contributed by atoms with E-state index in [4.69, 9.17) is 0 Å². The number of hydrogen-bond donors (Lipinski definition) is 0. The van der Waals surface area contributed by atoms with Crippen molar-refractivity contribution in [2.24, 2.45) is 0 Å². The summed E-state index contributed by atoms with van der Waals surface area (Å²) < 4.78 is 0. The first-order valence-corrected chi connectivity index (χ1v) is 6.31. The number of rotatable bonds is 0. The lowest BCUT2D eigenvalue weighted by Gasteiger charge is -1.95. The van der Waals surface area contributed by atoms with Crippen LogP contribution < -0.4 is 0 Å². The van der Waals surface area contributed by atoms with Crippen LogP contribution in [0.1, 0.15) is 0 Å². The molecule has 0 amide bonds. The van der Waals surface area contributed by atoms with Crippen molar-refractivity contribution in [1.29, 1.82) is 0 Å². The minimum absolute atomic E-state index is 0.345. The Hall–Kier alpha value is -0.346. The Kier molecular flexibility index (Phi) is 1.65. The molecule has 1 heterocycles. The molecule has 1 radical (unpaired) electrons. The van der Waals surface area contributed by atoms with E-state index in [2.05, 4.69) is 30.2 Å². The molecule has 0 aliphatic carbocycles. The number of hydrogen-bond acceptors (Lipinski definition) is 0. The summed E-state index contributed by atoms with van der Waals surface area (Å²) in [5.41, 5.74) is 5.54. The molecule has 2 heteroatoms. The van der Waals surface area contributed by atoms with E-state index in [-0.39, 0.29) is 7.93 Å². The van der Waals surface area contributed by atoms with Gasteiger partial charge in [-0.05, 0) is 5.57 Å². The third-order valence-corrected chi connectivity index (χ3v) is 4.44. The second-order valence-electron chi connectivity index (χ2n) is 1.72. The van der Waals surface area contributed by atoms with Gasteiger partial charge in [-0.25, -0.2) is 0 Å². The van der Waals surface area contributed by atoms with Gasteiger partial charge in [0.25, 0.3) is 0 Å². The summed E-state index contributed by atoms with van der Waals surface area (Å²) in [6.07, 6.45) is 6.05. The molecule has 0 atom stereocenters. The van der Waals surface area contributed by atoms with Gasteiger partial charge in [0.2, 0.25) is 0 Å². The van der Waals surface area contributed by atoms with Gasteiger partial charge in [0.05, 0.1) is 0 Å². The van der Waals surface area contributed by atoms with Crippen molar-refractivity contribution in [3.8, 4) is 0 Å². The smallest absolute Gasteiger partial charge is 0.0386 e. The maximum absolute atomic E-state index is 3.99. The van der Waals surface area contributed by atoms with E-state index in [1.54, 1.807) is 0 Å². The zero-order chi connectivity index (χ0) is 5.98. The second kappa shape index (κ2) is 2.28. The van der Waals surface area contributed by atoms with Crippen LogP contribution in [0.2, 0.25) is 0 Å². The third-order valence-electron chi connectivity index (χ3n) is 0.942. The normalized spacial score (nSPS) is 17.5. The highest BCUT2D eigenvalue weighted by Gasteiger charge is 1.89. The lowest BCUT2D eigenvalue weighted by Crippen LogP contribution is -2.08. The molecule has 0 bridgehead atoms. The van der Waals surface area contributed by atoms with Gasteiger partial charge in [0.1, 0.15) is 0 Å². The zero-order valence-electron chi connectivity index (χ0n) is 4.65. The monoisotopic (exact) mass is 135 g/mol. The lowest BCUT2D eigenvalue weighted by molar-refractivity contribution is 1.96. The van der Waals surface area contributed by atoms with E-state index in [1.807, 2.05) is 0 Å². The van der Waals surface area contributed by atoms with Gasteiger partial charge in [-0.3, -0.25) is 0 Å². The van der Waals surface area contributed by atoms with Gasteiger partial charge >= 0.3 is 0 Å². The highest BCUT2D eigenvalue weighted by Crippen LogP contribution is 1.89. The molecule has 0 aromatic rings. The average Bonchev–Trinajstić information content (AvgIpc) is 1.77. The fourth-order valence-corrected chi connectivity index (χ4v) is 3.12. The largest absolute Gasteiger partial charge is 0.114 e. The van der Waals surface area contributed by atoms with Gasteiger partial charge in [-0.2, -0.15) is 0 Å². The minimum Gasteiger partial charge on any atom is -0.114 e. The average molecular weight is 135 g/mol. The van der Waals surface area contributed by atoms with Crippen molar-refractivity contribution < 1.29 is 0 Å². The summed E-state index contributed by atoms with van der Waals surface area (Å²) in [5.74, 6) is 0. The van der Waals surface area contributed by atoms with Crippen LogP contribution in [0.25, 0.3) is 0 Å². The summed E-state index contributed by atoms with van der Waals surface area (Å²) in [5, 5.41) is 0. The molecule has 0 spiro atoms. The molecule has 0 unspecified atom stereocenters. The van der Waals surface area contributed by atoms with E-state index in [0.717, 1.165) is 14.2 Å². The highest BCUT2D eigenvalue weighted by molar-refractivity contribution is 7.16. The predicted octanol–water partition coefficient (Wildman–Crippen LogP) is 0.163. The topological polar surface area (TPSA) is 0 Å². The quantitative estimate of drug-likeness (QED) is 0.415. The molecule has 8 heavy (non-hydrogen) atoms. The van der Waals surface area contributed by atoms with Gasteiger partial charge in [0, 0.05) is 16.6 Å². The van der Waals surface area contributed by atoms with Gasteiger partial charge in [-0.15, -0.1) is 6.17 Å². The molecular weight excluding hydrogens is 128 g/mol. The summed E-state index contributed by atoms with van der Waals surface area (Å²) in [6, 6.07) is 0. The maximum Gasteiger partial charge on any atom is 0.0386 e. The first kappa shape index (κ1) is 5.78. The minimum atomic E-state index is -0.345. The van der Waals surface area contributed by atoms with Crippen LogP contribution in [0, 0.1) is 0 Å². The van der Waals surface area contributed by atoms with Crippen molar-refractivity contribution >= 4 is 28.4 Å². The fourth-order valence-electron chi connectivity index (χ4n) is 0.489. The summed E-state index contributed by atoms with van der Waals surface area (Å²) >= 11 is 0. The molecule has 0 aromatic carbocycles.